The number of nitrogens with two attached hydrogens (primary N) is 1. The molecule has 6 aliphatic rings. The lowest BCUT2D eigenvalue weighted by Gasteiger charge is -2.56. The van der Waals surface area contributed by atoms with E-state index >= 15 is 4.39 Å². The molecule has 5 fully saturated rings. The number of aromatic nitrogens is 2. The van der Waals surface area contributed by atoms with Gasteiger partial charge in [0, 0.05) is 67.9 Å². The maximum atomic E-state index is 15.5. The molecule has 0 spiro atoms. The molecule has 2 aromatic carbocycles. The third-order valence-electron chi connectivity index (χ3n) is 11.1. The SMILES string of the molecule is N#Cc1ccc(OC2CCC(N3C(=O)CC[C@@H](N4Cc5cc(CN6C[C@H]7C[C@H](C6)N7c6ccc(C(N)=O)nn6)c(F)cc5C4=O)C3=O)CC2)cc1Cl. The minimum absolute atomic E-state index is 0.108. The van der Waals surface area contributed by atoms with Crippen molar-refractivity contribution < 1.29 is 28.3 Å². The summed E-state index contributed by atoms with van der Waals surface area (Å²) in [6.45, 7) is 1.92. The first-order valence-corrected chi connectivity index (χ1v) is 17.9. The molecular weight excluding hydrogens is 691 g/mol. The highest BCUT2D eigenvalue weighted by Crippen LogP contribution is 2.38. The van der Waals surface area contributed by atoms with Crippen molar-refractivity contribution in [3.8, 4) is 11.8 Å². The Labute approximate surface area is 304 Å². The Hall–Kier alpha value is -5.13. The molecule has 4 amide bonds. The van der Waals surface area contributed by atoms with Crippen LogP contribution >= 0.6 is 11.6 Å². The molecule has 15 heteroatoms. The highest BCUT2D eigenvalue weighted by atomic mass is 35.5. The lowest BCUT2D eigenvalue weighted by molar-refractivity contribution is -0.156. The van der Waals surface area contributed by atoms with Crippen LogP contribution in [0.4, 0.5) is 10.2 Å². The summed E-state index contributed by atoms with van der Waals surface area (Å²) < 4.78 is 21.6. The number of imide groups is 1. The predicted octanol–water partition coefficient (Wildman–Crippen LogP) is 3.57. The number of anilines is 1. The monoisotopic (exact) mass is 726 g/mol. The molecule has 2 N–H and O–H groups in total. The Balaban J connectivity index is 0.889. The van der Waals surface area contributed by atoms with Crippen LogP contribution in [0.25, 0.3) is 0 Å². The van der Waals surface area contributed by atoms with Crippen LogP contribution in [-0.4, -0.2) is 91.9 Å². The zero-order chi connectivity index (χ0) is 36.3. The summed E-state index contributed by atoms with van der Waals surface area (Å²) in [6, 6.07) is 12.5. The third-order valence-corrected chi connectivity index (χ3v) is 11.4. The number of nitrogens with zero attached hydrogens (tertiary/aromatic N) is 7. The highest BCUT2D eigenvalue weighted by molar-refractivity contribution is 6.31. The van der Waals surface area contributed by atoms with Crippen LogP contribution in [0, 0.1) is 17.1 Å². The molecule has 3 atom stereocenters. The molecule has 6 heterocycles. The number of carbonyl (C=O) groups excluding carboxylic acids is 4. The van der Waals surface area contributed by atoms with Crippen LogP contribution in [-0.2, 0) is 22.7 Å². The Morgan fingerprint density at radius 3 is 2.44 bits per heavy atom. The van der Waals surface area contributed by atoms with E-state index in [1.54, 1.807) is 36.4 Å². The molecule has 0 unspecified atom stereocenters. The van der Waals surface area contributed by atoms with Gasteiger partial charge in [-0.25, -0.2) is 4.39 Å². The number of halogens is 2. The third kappa shape index (κ3) is 6.11. The number of piperidine rings is 2. The van der Waals surface area contributed by atoms with Crippen LogP contribution in [0.2, 0.25) is 5.02 Å². The quantitative estimate of drug-likeness (QED) is 0.339. The number of hydrogen-bond acceptors (Lipinski definition) is 10. The summed E-state index contributed by atoms with van der Waals surface area (Å²) in [5.74, 6) is -0.882. The summed E-state index contributed by atoms with van der Waals surface area (Å²) >= 11 is 6.16. The van der Waals surface area contributed by atoms with Crippen molar-refractivity contribution in [2.45, 2.75) is 88.3 Å². The zero-order valence-electron chi connectivity index (χ0n) is 28.2. The van der Waals surface area contributed by atoms with Gasteiger partial charge >= 0.3 is 0 Å². The normalized spacial score (nSPS) is 25.8. The fourth-order valence-electron chi connectivity index (χ4n) is 8.55. The van der Waals surface area contributed by atoms with E-state index < -0.39 is 23.7 Å². The topological polar surface area (TPSA) is 166 Å². The van der Waals surface area contributed by atoms with Gasteiger partial charge in [0.05, 0.1) is 16.7 Å². The van der Waals surface area contributed by atoms with Crippen LogP contribution < -0.4 is 15.4 Å². The molecule has 268 valence electrons. The van der Waals surface area contributed by atoms with E-state index in [-0.39, 0.29) is 66.7 Å². The number of nitriles is 1. The lowest BCUT2D eigenvalue weighted by atomic mass is 9.87. The van der Waals surface area contributed by atoms with Gasteiger partial charge in [-0.2, -0.15) is 5.26 Å². The molecule has 1 saturated carbocycles. The Kier molecular flexibility index (Phi) is 8.79. The van der Waals surface area contributed by atoms with Crippen molar-refractivity contribution in [2.24, 2.45) is 5.73 Å². The van der Waals surface area contributed by atoms with Gasteiger partial charge in [-0.3, -0.25) is 29.0 Å². The van der Waals surface area contributed by atoms with Gasteiger partial charge in [0.25, 0.3) is 17.7 Å². The van der Waals surface area contributed by atoms with Crippen LogP contribution in [0.3, 0.4) is 0 Å². The molecule has 1 aliphatic carbocycles. The number of fused-ring (bicyclic) bond motifs is 3. The largest absolute Gasteiger partial charge is 0.490 e. The van der Waals surface area contributed by atoms with Crippen molar-refractivity contribution in [2.75, 3.05) is 18.0 Å². The molecule has 1 aromatic heterocycles. The molecule has 9 rings (SSSR count). The molecule has 5 aliphatic heterocycles. The van der Waals surface area contributed by atoms with Crippen molar-refractivity contribution in [1.82, 2.24) is 24.9 Å². The first-order valence-electron chi connectivity index (χ1n) is 17.6. The van der Waals surface area contributed by atoms with Crippen LogP contribution in [0.5, 0.6) is 5.75 Å². The number of amides is 4. The van der Waals surface area contributed by atoms with Gasteiger partial charge in [0.1, 0.15) is 23.7 Å². The first-order chi connectivity index (χ1) is 25.1. The predicted molar refractivity (Wildman–Crippen MR) is 184 cm³/mol. The number of ether oxygens (including phenoxy) is 1. The van der Waals surface area contributed by atoms with E-state index in [0.29, 0.717) is 78.6 Å². The van der Waals surface area contributed by atoms with Gasteiger partial charge in [-0.1, -0.05) is 11.6 Å². The number of likely N-dealkylation sites (tertiary alicyclic amines) is 1. The van der Waals surface area contributed by atoms with Crippen molar-refractivity contribution >= 4 is 41.0 Å². The van der Waals surface area contributed by atoms with E-state index in [1.165, 1.54) is 15.9 Å². The number of primary amides is 1. The van der Waals surface area contributed by atoms with Crippen molar-refractivity contribution in [1.29, 1.82) is 5.26 Å². The maximum absolute atomic E-state index is 15.5. The molecule has 52 heavy (non-hydrogen) atoms. The van der Waals surface area contributed by atoms with Gasteiger partial charge in [-0.15, -0.1) is 10.2 Å². The molecule has 13 nitrogen and oxygen atoms in total. The van der Waals surface area contributed by atoms with Crippen molar-refractivity contribution in [3.63, 3.8) is 0 Å². The fraction of sp³-hybridized carbons (Fsp3) is 0.432. The van der Waals surface area contributed by atoms with E-state index in [9.17, 15) is 19.2 Å². The number of carbonyl (C=O) groups is 4. The molecule has 0 radical (unpaired) electrons. The summed E-state index contributed by atoms with van der Waals surface area (Å²) in [7, 11) is 0. The number of rotatable bonds is 8. The van der Waals surface area contributed by atoms with E-state index in [4.69, 9.17) is 27.3 Å². The van der Waals surface area contributed by atoms with E-state index in [2.05, 4.69) is 20.0 Å². The first kappa shape index (κ1) is 34.0. The summed E-state index contributed by atoms with van der Waals surface area (Å²) in [4.78, 5) is 59.3. The minimum Gasteiger partial charge on any atom is -0.490 e. The van der Waals surface area contributed by atoms with Gasteiger partial charge < -0.3 is 20.3 Å². The second-order valence-corrected chi connectivity index (χ2v) is 14.7. The summed E-state index contributed by atoms with van der Waals surface area (Å²) in [5, 5.41) is 17.6. The van der Waals surface area contributed by atoms with Gasteiger partial charge in [0.2, 0.25) is 5.91 Å². The van der Waals surface area contributed by atoms with Gasteiger partial charge in [0.15, 0.2) is 11.5 Å². The Bertz CT molecular complexity index is 2000. The minimum atomic E-state index is -0.806. The number of hydrogen-bond donors (Lipinski definition) is 1. The standard InChI is InChI=1S/C37H36ClFN8O5/c38-29-13-27(4-1-20(29)15-40)52-26-5-2-23(3-6-26)47-34(48)10-8-32(37(47)51)45-17-21-11-22(30(39)14-28(21)36(45)50)16-44-18-24-12-25(19-44)46(24)33-9-7-31(35(41)49)42-43-33/h1,4,7,9,11,13-14,23-26,32H,2-3,5-6,8,10,12,16-19H2,(H2,41,49)/t23?,24-,25-,26?,32-/m1/s1. The highest BCUT2D eigenvalue weighted by Gasteiger charge is 2.47. The van der Waals surface area contributed by atoms with Crippen molar-refractivity contribution in [3.05, 3.63) is 81.3 Å². The number of benzene rings is 2. The van der Waals surface area contributed by atoms with Gasteiger partial charge in [-0.05, 0) is 80.5 Å². The maximum Gasteiger partial charge on any atom is 0.269 e. The van der Waals surface area contributed by atoms with E-state index in [1.807, 2.05) is 6.07 Å². The Morgan fingerprint density at radius 1 is 1.00 bits per heavy atom. The summed E-state index contributed by atoms with van der Waals surface area (Å²) in [5.41, 5.74) is 7.18. The second kappa shape index (κ2) is 13.4. The fourth-order valence-corrected chi connectivity index (χ4v) is 8.76. The van der Waals surface area contributed by atoms with E-state index in [0.717, 1.165) is 6.42 Å². The average Bonchev–Trinajstić information content (AvgIpc) is 3.43. The smallest absolute Gasteiger partial charge is 0.269 e. The molecule has 4 saturated heterocycles. The van der Waals surface area contributed by atoms with Crippen LogP contribution in [0.1, 0.15) is 82.5 Å². The molecular formula is C37H36ClFN8O5. The lowest BCUT2D eigenvalue weighted by Crippen LogP contribution is -2.69. The number of piperazine rings is 1. The molecule has 3 aromatic rings. The summed E-state index contributed by atoms with van der Waals surface area (Å²) in [6.07, 6.45) is 3.58. The van der Waals surface area contributed by atoms with Crippen LogP contribution in [0.15, 0.2) is 42.5 Å². The molecule has 2 bridgehead atoms. The Morgan fingerprint density at radius 2 is 1.77 bits per heavy atom. The average molecular weight is 727 g/mol. The zero-order valence-corrected chi connectivity index (χ0v) is 29.0. The second-order valence-electron chi connectivity index (χ2n) is 14.3.